The fourth-order valence-corrected chi connectivity index (χ4v) is 4.31. The summed E-state index contributed by atoms with van der Waals surface area (Å²) in [5.41, 5.74) is 2.48. The Hall–Kier alpha value is -4.59. The maximum atomic E-state index is 13.2. The van der Waals surface area contributed by atoms with Crippen LogP contribution in [0.15, 0.2) is 72.3 Å². The first-order valence-corrected chi connectivity index (χ1v) is 11.1. The summed E-state index contributed by atoms with van der Waals surface area (Å²) in [6.07, 6.45) is 0. The van der Waals surface area contributed by atoms with E-state index in [1.54, 1.807) is 61.7 Å². The second-order valence-corrected chi connectivity index (χ2v) is 8.39. The molecule has 1 saturated heterocycles. The van der Waals surface area contributed by atoms with Crippen molar-refractivity contribution < 1.29 is 34.1 Å². The van der Waals surface area contributed by atoms with Crippen LogP contribution in [-0.2, 0) is 16.1 Å². The minimum absolute atomic E-state index is 0.0307. The third kappa shape index (κ3) is 4.53. The molecule has 1 fully saturated rings. The van der Waals surface area contributed by atoms with Gasteiger partial charge >= 0.3 is 5.97 Å². The molecular weight excluding hydrogens is 462 g/mol. The van der Waals surface area contributed by atoms with Crippen LogP contribution in [-0.4, -0.2) is 47.0 Å². The van der Waals surface area contributed by atoms with Crippen molar-refractivity contribution in [3.63, 3.8) is 0 Å². The van der Waals surface area contributed by atoms with Crippen LogP contribution in [0.5, 0.6) is 11.5 Å². The van der Waals surface area contributed by atoms with Crippen LogP contribution in [0.1, 0.15) is 38.7 Å². The van der Waals surface area contributed by atoms with E-state index in [1.165, 1.54) is 24.1 Å². The summed E-state index contributed by atoms with van der Waals surface area (Å²) in [7, 11) is 3.08. The van der Waals surface area contributed by atoms with Gasteiger partial charge in [-0.3, -0.25) is 9.59 Å². The highest BCUT2D eigenvalue weighted by Crippen LogP contribution is 2.41. The second-order valence-electron chi connectivity index (χ2n) is 8.39. The molecule has 184 valence electrons. The molecule has 3 aromatic carbocycles. The molecule has 0 aromatic heterocycles. The van der Waals surface area contributed by atoms with Crippen molar-refractivity contribution in [3.05, 3.63) is 100 Å². The average molecular weight is 488 g/mol. The molecule has 1 atom stereocenters. The number of carboxylic acids is 1. The molecule has 4 rings (SSSR count). The number of amides is 1. The highest BCUT2D eigenvalue weighted by Gasteiger charge is 2.46. The number of aromatic carboxylic acids is 1. The van der Waals surface area contributed by atoms with Crippen molar-refractivity contribution >= 4 is 23.4 Å². The van der Waals surface area contributed by atoms with Gasteiger partial charge in [-0.05, 0) is 66.1 Å². The lowest BCUT2D eigenvalue weighted by Gasteiger charge is -2.25. The summed E-state index contributed by atoms with van der Waals surface area (Å²) in [6.45, 7) is 1.86. The number of Topliss-reactive ketones (excluding diaryl/α,β-unsaturated/α-hetero) is 1. The van der Waals surface area contributed by atoms with Gasteiger partial charge in [-0.1, -0.05) is 24.3 Å². The second kappa shape index (κ2) is 9.95. The molecule has 1 heterocycles. The summed E-state index contributed by atoms with van der Waals surface area (Å²) < 4.78 is 10.5. The van der Waals surface area contributed by atoms with E-state index in [0.717, 1.165) is 5.56 Å². The molecule has 0 bridgehead atoms. The van der Waals surface area contributed by atoms with Crippen LogP contribution in [0.4, 0.5) is 0 Å². The number of benzene rings is 3. The summed E-state index contributed by atoms with van der Waals surface area (Å²) in [4.78, 5) is 39.0. The molecule has 1 aliphatic heterocycles. The number of nitrogens with zero attached hydrogens (tertiary/aromatic N) is 1. The Morgan fingerprint density at radius 3 is 2.08 bits per heavy atom. The third-order valence-electron chi connectivity index (χ3n) is 6.19. The summed E-state index contributed by atoms with van der Waals surface area (Å²) in [5.74, 6) is -1.68. The van der Waals surface area contributed by atoms with Crippen molar-refractivity contribution in [2.75, 3.05) is 14.2 Å². The number of ether oxygens (including phenoxy) is 2. The Labute approximate surface area is 208 Å². The fourth-order valence-electron chi connectivity index (χ4n) is 4.31. The maximum Gasteiger partial charge on any atom is 0.335 e. The lowest BCUT2D eigenvalue weighted by molar-refractivity contribution is -0.140. The van der Waals surface area contributed by atoms with E-state index in [1.807, 2.05) is 6.92 Å². The average Bonchev–Trinajstić information content (AvgIpc) is 3.13. The number of methoxy groups -OCH3 is 2. The van der Waals surface area contributed by atoms with E-state index in [2.05, 4.69) is 0 Å². The van der Waals surface area contributed by atoms with Gasteiger partial charge < -0.3 is 24.6 Å². The number of carboxylic acid groups (broad SMARTS) is 1. The molecular formula is C28H25NO7. The molecule has 0 saturated carbocycles. The normalized spacial score (nSPS) is 16.8. The van der Waals surface area contributed by atoms with Crippen LogP contribution in [0.3, 0.4) is 0 Å². The number of rotatable bonds is 7. The maximum absolute atomic E-state index is 13.2. The fraction of sp³-hybridized carbons (Fsp3) is 0.179. The van der Waals surface area contributed by atoms with Gasteiger partial charge in [0.05, 0.1) is 31.4 Å². The number of carbonyl (C=O) groups excluding carboxylic acids is 2. The number of aliphatic hydroxyl groups is 1. The van der Waals surface area contributed by atoms with Crippen LogP contribution < -0.4 is 9.47 Å². The molecule has 8 nitrogen and oxygen atoms in total. The molecule has 0 radical (unpaired) electrons. The van der Waals surface area contributed by atoms with Crippen LogP contribution in [0.2, 0.25) is 0 Å². The molecule has 1 aliphatic rings. The van der Waals surface area contributed by atoms with Crippen LogP contribution in [0, 0.1) is 6.92 Å². The molecule has 3 aromatic rings. The number of aryl methyl sites for hydroxylation is 1. The Kier molecular flexibility index (Phi) is 6.78. The zero-order valence-electron chi connectivity index (χ0n) is 20.0. The number of carbonyl (C=O) groups is 3. The van der Waals surface area contributed by atoms with Crippen LogP contribution >= 0.6 is 0 Å². The smallest absolute Gasteiger partial charge is 0.335 e. The Balaban J connectivity index is 1.82. The van der Waals surface area contributed by atoms with Crippen molar-refractivity contribution in [3.8, 4) is 11.5 Å². The van der Waals surface area contributed by atoms with E-state index in [9.17, 15) is 19.5 Å². The molecule has 36 heavy (non-hydrogen) atoms. The van der Waals surface area contributed by atoms with Crippen molar-refractivity contribution in [2.24, 2.45) is 0 Å². The first kappa shape index (κ1) is 24.5. The molecule has 0 spiro atoms. The lowest BCUT2D eigenvalue weighted by atomic mass is 9.94. The largest absolute Gasteiger partial charge is 0.507 e. The van der Waals surface area contributed by atoms with Crippen molar-refractivity contribution in [1.29, 1.82) is 0 Å². The summed E-state index contributed by atoms with van der Waals surface area (Å²) in [5, 5.41) is 20.4. The first-order chi connectivity index (χ1) is 17.2. The van der Waals surface area contributed by atoms with Gasteiger partial charge in [0.25, 0.3) is 11.7 Å². The Bertz CT molecular complexity index is 1360. The van der Waals surface area contributed by atoms with Gasteiger partial charge in [0.2, 0.25) is 0 Å². The number of hydrogen-bond acceptors (Lipinski definition) is 6. The van der Waals surface area contributed by atoms with Gasteiger partial charge in [0, 0.05) is 12.1 Å². The zero-order valence-corrected chi connectivity index (χ0v) is 20.0. The molecule has 8 heteroatoms. The predicted octanol–water partition coefficient (Wildman–Crippen LogP) is 4.33. The molecule has 1 unspecified atom stereocenters. The van der Waals surface area contributed by atoms with Gasteiger partial charge in [-0.25, -0.2) is 4.79 Å². The SMILES string of the molecule is COc1ccc(C2/C(=C(/O)c3ccc(OC)c(C)c3)C(=O)C(=O)N2Cc2ccc(C(=O)O)cc2)cc1. The summed E-state index contributed by atoms with van der Waals surface area (Å²) >= 11 is 0. The van der Waals surface area contributed by atoms with E-state index < -0.39 is 23.7 Å². The minimum Gasteiger partial charge on any atom is -0.507 e. The van der Waals surface area contributed by atoms with Gasteiger partial charge in [0.1, 0.15) is 17.3 Å². The van der Waals surface area contributed by atoms with E-state index in [-0.39, 0.29) is 23.4 Å². The Morgan fingerprint density at radius 2 is 1.53 bits per heavy atom. The van der Waals surface area contributed by atoms with E-state index in [4.69, 9.17) is 14.6 Å². The molecule has 0 aliphatic carbocycles. The standard InChI is InChI=1S/C28H25NO7/c1-16-14-20(10-13-22(16)36-3)25(30)23-24(18-8-11-21(35-2)12-9-18)29(27(32)26(23)31)15-17-4-6-19(7-5-17)28(33)34/h4-14,24,30H,15H2,1-3H3,(H,33,34)/b25-23-. The summed E-state index contributed by atoms with van der Waals surface area (Å²) in [6, 6.07) is 17.1. The van der Waals surface area contributed by atoms with Crippen molar-refractivity contribution in [1.82, 2.24) is 4.90 Å². The highest BCUT2D eigenvalue weighted by atomic mass is 16.5. The number of likely N-dealkylation sites (tertiary alicyclic amines) is 1. The van der Waals surface area contributed by atoms with Gasteiger partial charge in [-0.2, -0.15) is 0 Å². The van der Waals surface area contributed by atoms with Gasteiger partial charge in [0.15, 0.2) is 0 Å². The van der Waals surface area contributed by atoms with E-state index in [0.29, 0.717) is 28.2 Å². The number of aliphatic hydroxyl groups excluding tert-OH is 1. The predicted molar refractivity (Wildman–Crippen MR) is 132 cm³/mol. The lowest BCUT2D eigenvalue weighted by Crippen LogP contribution is -2.29. The van der Waals surface area contributed by atoms with Crippen molar-refractivity contribution in [2.45, 2.75) is 19.5 Å². The Morgan fingerprint density at radius 1 is 0.889 bits per heavy atom. The first-order valence-electron chi connectivity index (χ1n) is 11.1. The third-order valence-corrected chi connectivity index (χ3v) is 6.19. The van der Waals surface area contributed by atoms with E-state index >= 15 is 0 Å². The highest BCUT2D eigenvalue weighted by molar-refractivity contribution is 6.46. The van der Waals surface area contributed by atoms with Gasteiger partial charge in [-0.15, -0.1) is 0 Å². The monoisotopic (exact) mass is 487 g/mol. The quantitative estimate of drug-likeness (QED) is 0.290. The van der Waals surface area contributed by atoms with Crippen LogP contribution in [0.25, 0.3) is 5.76 Å². The number of hydrogen-bond donors (Lipinski definition) is 2. The zero-order chi connectivity index (χ0) is 26.0. The molecule has 2 N–H and O–H groups in total. The minimum atomic E-state index is -1.06. The molecule has 1 amide bonds. The topological polar surface area (TPSA) is 113 Å². The number of ketones is 1.